The molecule has 0 aromatic heterocycles. The van der Waals surface area contributed by atoms with Crippen molar-refractivity contribution in [2.75, 3.05) is 0 Å². The van der Waals surface area contributed by atoms with Gasteiger partial charge in [0.25, 0.3) is 0 Å². The second kappa shape index (κ2) is 46.0. The summed E-state index contributed by atoms with van der Waals surface area (Å²) in [6.45, 7) is 0. The van der Waals surface area contributed by atoms with Gasteiger partial charge >= 0.3 is 89.7 Å². The Morgan fingerprint density at radius 2 is 0.714 bits per heavy atom. The third-order valence-corrected chi connectivity index (χ3v) is 0. The predicted octanol–water partition coefficient (Wildman–Crippen LogP) is -15.2. The molecule has 14 heavy (non-hydrogen) atoms. The van der Waals surface area contributed by atoms with Crippen LogP contribution in [0.1, 0.15) is 0 Å². The SMILES string of the molecule is O.O.O.O.O.O.O.O=[As]([O-])([O-])O.[Na+].[Na+]. The maximum atomic E-state index is 8.72. The maximum Gasteiger partial charge on any atom is 1.00 e. The van der Waals surface area contributed by atoms with E-state index in [2.05, 4.69) is 0 Å². The molecular formula is H15AsNa2O11. The Kier molecular flexibility index (Phi) is 331. The second-order valence-corrected chi connectivity index (χ2v) is 2.43. The molecule has 0 aromatic carbocycles. The summed E-state index contributed by atoms with van der Waals surface area (Å²) in [5.41, 5.74) is 0. The molecule has 14 heteroatoms. The van der Waals surface area contributed by atoms with Gasteiger partial charge in [-0.15, -0.1) is 0 Å². The third-order valence-electron chi connectivity index (χ3n) is 0. The molecule has 0 spiro atoms. The number of hydrogen-bond acceptors (Lipinski definition) is 3. The standard InChI is InChI=1S/AsH3O4.2Na.7H2O/c2-1(3,4)5;;;;;;;;;/h(H3,2,3,4,5);;;7*1H2/q;2*+1;;;;;;;/p-2. The smallest absolute Gasteiger partial charge is 1.00 e. The minimum absolute atomic E-state index is 0. The fraction of sp³-hybridized carbons (Fsp3) is 0. The van der Waals surface area contributed by atoms with E-state index in [0.29, 0.717) is 0 Å². The van der Waals surface area contributed by atoms with Crippen LogP contribution in [-0.2, 0) is 3.74 Å². The van der Waals surface area contributed by atoms with E-state index in [-0.39, 0.29) is 97.4 Å². The largest absolute Gasteiger partial charge is 1.00 e. The van der Waals surface area contributed by atoms with Gasteiger partial charge in [-0.25, -0.2) is 0 Å². The minimum atomic E-state index is -5.62. The van der Waals surface area contributed by atoms with Gasteiger partial charge in [0.15, 0.2) is 0 Å². The molecule has 0 rings (SSSR count). The van der Waals surface area contributed by atoms with Gasteiger partial charge in [-0.1, -0.05) is 0 Å². The van der Waals surface area contributed by atoms with Crippen molar-refractivity contribution in [2.24, 2.45) is 0 Å². The summed E-state index contributed by atoms with van der Waals surface area (Å²) in [5, 5.41) is 0. The van der Waals surface area contributed by atoms with Crippen molar-refractivity contribution in [2.45, 2.75) is 0 Å². The van der Waals surface area contributed by atoms with Crippen molar-refractivity contribution in [1.29, 1.82) is 0 Å². The van der Waals surface area contributed by atoms with E-state index < -0.39 is 14.5 Å². The van der Waals surface area contributed by atoms with Crippen LogP contribution in [0.4, 0.5) is 0 Å². The molecule has 0 aliphatic heterocycles. The van der Waals surface area contributed by atoms with Crippen LogP contribution in [-0.4, -0.2) is 56.9 Å². The zero-order valence-electron chi connectivity index (χ0n) is 7.62. The Morgan fingerprint density at radius 1 is 0.714 bits per heavy atom. The summed E-state index contributed by atoms with van der Waals surface area (Å²) in [7, 11) is 0. The van der Waals surface area contributed by atoms with E-state index in [0.717, 1.165) is 0 Å². The Labute approximate surface area is 127 Å². The van der Waals surface area contributed by atoms with Gasteiger partial charge < -0.3 is 38.3 Å². The molecule has 0 aliphatic carbocycles. The van der Waals surface area contributed by atoms with Crippen LogP contribution in [0.15, 0.2) is 0 Å². The van der Waals surface area contributed by atoms with Gasteiger partial charge in [0.05, 0.1) is 0 Å². The normalized spacial score (nSPS) is 4.21. The molecule has 88 valence electrons. The molecule has 0 radical (unpaired) electrons. The Hall–Kier alpha value is 1.96. The average Bonchev–Trinajstić information content (AvgIpc) is 0.722. The van der Waals surface area contributed by atoms with Crippen LogP contribution in [0.25, 0.3) is 0 Å². The fourth-order valence-electron chi connectivity index (χ4n) is 0. The summed E-state index contributed by atoms with van der Waals surface area (Å²) in [6.07, 6.45) is 0. The maximum absolute atomic E-state index is 8.72. The van der Waals surface area contributed by atoms with Crippen LogP contribution < -0.4 is 67.3 Å². The Balaban J connectivity index is -0.00000000222. The zero-order chi connectivity index (χ0) is 4.50. The topological polar surface area (TPSA) is 304 Å². The first-order chi connectivity index (χ1) is 2.00. The van der Waals surface area contributed by atoms with Crippen LogP contribution in [0.3, 0.4) is 0 Å². The summed E-state index contributed by atoms with van der Waals surface area (Å²) < 4.78 is 33.2. The molecule has 11 nitrogen and oxygen atoms in total. The monoisotopic (exact) mass is 312 g/mol. The van der Waals surface area contributed by atoms with Crippen molar-refractivity contribution in [1.82, 2.24) is 0 Å². The molecule has 0 aliphatic rings. The van der Waals surface area contributed by atoms with Gasteiger partial charge in [-0.2, -0.15) is 0 Å². The fourth-order valence-corrected chi connectivity index (χ4v) is 0. The number of rotatable bonds is 0. The Bertz CT molecular complexity index is 59.4. The van der Waals surface area contributed by atoms with Gasteiger partial charge in [0, 0.05) is 0 Å². The molecule has 0 saturated heterocycles. The van der Waals surface area contributed by atoms with Crippen molar-refractivity contribution in [3.63, 3.8) is 0 Å². The third kappa shape index (κ3) is 611. The van der Waals surface area contributed by atoms with Crippen molar-refractivity contribution >= 4 is 14.5 Å². The van der Waals surface area contributed by atoms with Gasteiger partial charge in [-0.05, 0) is 0 Å². The summed E-state index contributed by atoms with van der Waals surface area (Å²) in [5.74, 6) is 0. The molecule has 0 unspecified atom stereocenters. The second-order valence-electron chi connectivity index (χ2n) is 0.469. The van der Waals surface area contributed by atoms with E-state index in [1.807, 2.05) is 0 Å². The summed E-state index contributed by atoms with van der Waals surface area (Å²) in [6, 6.07) is 0. The van der Waals surface area contributed by atoms with E-state index in [9.17, 15) is 0 Å². The van der Waals surface area contributed by atoms with Crippen molar-refractivity contribution < 1.29 is 113 Å². The van der Waals surface area contributed by atoms with Crippen molar-refractivity contribution in [3.05, 3.63) is 0 Å². The van der Waals surface area contributed by atoms with Gasteiger partial charge in [0.1, 0.15) is 0 Å². The van der Waals surface area contributed by atoms with Crippen LogP contribution in [0.2, 0.25) is 0 Å². The Morgan fingerprint density at radius 3 is 0.714 bits per heavy atom. The van der Waals surface area contributed by atoms with Gasteiger partial charge in [-0.3, -0.25) is 0 Å². The molecule has 0 heterocycles. The first kappa shape index (κ1) is 101. The zero-order valence-corrected chi connectivity index (χ0v) is 13.5. The van der Waals surface area contributed by atoms with E-state index in [4.69, 9.17) is 16.0 Å². The molecule has 0 saturated carbocycles. The molecule has 15 N–H and O–H groups in total. The van der Waals surface area contributed by atoms with E-state index in [1.165, 1.54) is 0 Å². The molecule has 0 aromatic rings. The summed E-state index contributed by atoms with van der Waals surface area (Å²) >= 11 is -5.62. The predicted molar refractivity (Wildman–Crippen MR) is 34.0 cm³/mol. The van der Waals surface area contributed by atoms with E-state index in [1.54, 1.807) is 0 Å². The van der Waals surface area contributed by atoms with Crippen molar-refractivity contribution in [3.8, 4) is 0 Å². The quantitative estimate of drug-likeness (QED) is 0.425. The molecule has 0 bridgehead atoms. The van der Waals surface area contributed by atoms with Crippen LogP contribution in [0, 0.1) is 0 Å². The molecule has 0 fully saturated rings. The molecule has 0 atom stereocenters. The average molecular weight is 312 g/mol. The first-order valence-corrected chi connectivity index (χ1v) is 3.89. The number of hydrogen-bond donors (Lipinski definition) is 1. The van der Waals surface area contributed by atoms with E-state index >= 15 is 0 Å². The van der Waals surface area contributed by atoms with Gasteiger partial charge in [0.2, 0.25) is 0 Å². The van der Waals surface area contributed by atoms with Crippen LogP contribution in [0.5, 0.6) is 0 Å². The molecular weight excluding hydrogens is 297 g/mol. The first-order valence-electron chi connectivity index (χ1n) is 0.748. The van der Waals surface area contributed by atoms with Crippen LogP contribution >= 0.6 is 0 Å². The minimum Gasteiger partial charge on any atom is 1.00 e. The summed E-state index contributed by atoms with van der Waals surface area (Å²) in [4.78, 5) is 0. The molecule has 0 amide bonds.